The fourth-order valence-electron chi connectivity index (χ4n) is 1.53. The van der Waals surface area contributed by atoms with Crippen molar-refractivity contribution in [3.05, 3.63) is 35.6 Å². The molecule has 0 atom stereocenters. The molecule has 1 amide bonds. The maximum Gasteiger partial charge on any atom is 0.303 e. The molecule has 0 spiro atoms. The number of benzene rings is 1. The van der Waals surface area contributed by atoms with Crippen LogP contribution in [0.15, 0.2) is 24.3 Å². The van der Waals surface area contributed by atoms with Gasteiger partial charge in [0, 0.05) is 20.0 Å². The minimum Gasteiger partial charge on any atom is -0.481 e. The molecular formula is C13H16FNO3. The average molecular weight is 253 g/mol. The van der Waals surface area contributed by atoms with Gasteiger partial charge in [0.1, 0.15) is 5.82 Å². The molecule has 0 aromatic heterocycles. The zero-order valence-corrected chi connectivity index (χ0v) is 10.2. The molecule has 1 aromatic carbocycles. The monoisotopic (exact) mass is 253 g/mol. The molecule has 4 nitrogen and oxygen atoms in total. The number of hydrogen-bond acceptors (Lipinski definition) is 2. The zero-order valence-electron chi connectivity index (χ0n) is 10.2. The smallest absolute Gasteiger partial charge is 0.303 e. The number of amides is 1. The van der Waals surface area contributed by atoms with Gasteiger partial charge in [-0.2, -0.15) is 0 Å². The molecule has 0 aliphatic rings. The number of nitrogens with zero attached hydrogens (tertiary/aromatic N) is 1. The summed E-state index contributed by atoms with van der Waals surface area (Å²) in [5.74, 6) is -1.50. The van der Waals surface area contributed by atoms with E-state index in [2.05, 4.69) is 0 Å². The highest BCUT2D eigenvalue weighted by molar-refractivity contribution is 5.78. The Morgan fingerprint density at radius 2 is 2.00 bits per heavy atom. The summed E-state index contributed by atoms with van der Waals surface area (Å²) < 4.78 is 13.3. The standard InChI is InChI=1S/C13H16FNO3/c1-15(8-4-7-13(17)18)12(16)9-10-5-2-3-6-11(10)14/h2-3,5-6H,4,7-9H2,1H3,(H,17,18). The Labute approximate surface area is 105 Å². The lowest BCUT2D eigenvalue weighted by Gasteiger charge is -2.16. The Morgan fingerprint density at radius 1 is 1.33 bits per heavy atom. The fraction of sp³-hybridized carbons (Fsp3) is 0.385. The summed E-state index contributed by atoms with van der Waals surface area (Å²) in [6.45, 7) is 0.361. The van der Waals surface area contributed by atoms with Crippen LogP contribution in [0, 0.1) is 5.82 Å². The Balaban J connectivity index is 2.45. The SMILES string of the molecule is CN(CCCC(=O)O)C(=O)Cc1ccccc1F. The Hall–Kier alpha value is -1.91. The largest absolute Gasteiger partial charge is 0.481 e. The van der Waals surface area contributed by atoms with Gasteiger partial charge in [-0.1, -0.05) is 18.2 Å². The maximum absolute atomic E-state index is 13.3. The molecule has 0 aliphatic carbocycles. The molecule has 1 aromatic rings. The first-order valence-electron chi connectivity index (χ1n) is 5.70. The molecule has 0 heterocycles. The van der Waals surface area contributed by atoms with Crippen LogP contribution in [0.2, 0.25) is 0 Å². The molecule has 98 valence electrons. The van der Waals surface area contributed by atoms with Crippen LogP contribution < -0.4 is 0 Å². The number of halogens is 1. The van der Waals surface area contributed by atoms with Gasteiger partial charge in [0.05, 0.1) is 6.42 Å². The van der Waals surface area contributed by atoms with E-state index in [1.54, 1.807) is 25.2 Å². The number of carbonyl (C=O) groups excluding carboxylic acids is 1. The first-order valence-corrected chi connectivity index (χ1v) is 5.70. The maximum atomic E-state index is 13.3. The molecule has 0 aliphatic heterocycles. The molecule has 0 unspecified atom stereocenters. The van der Waals surface area contributed by atoms with E-state index in [4.69, 9.17) is 5.11 Å². The Kier molecular flexibility index (Phi) is 5.30. The van der Waals surface area contributed by atoms with Crippen molar-refractivity contribution in [2.75, 3.05) is 13.6 Å². The normalized spacial score (nSPS) is 10.1. The van der Waals surface area contributed by atoms with Crippen LogP contribution in [-0.2, 0) is 16.0 Å². The molecule has 1 N–H and O–H groups in total. The summed E-state index contributed by atoms with van der Waals surface area (Å²) in [7, 11) is 1.59. The number of hydrogen-bond donors (Lipinski definition) is 1. The molecule has 0 saturated heterocycles. The van der Waals surface area contributed by atoms with Crippen molar-refractivity contribution >= 4 is 11.9 Å². The number of aliphatic carboxylic acids is 1. The minimum atomic E-state index is -0.884. The van der Waals surface area contributed by atoms with Crippen molar-refractivity contribution in [3.8, 4) is 0 Å². The summed E-state index contributed by atoms with van der Waals surface area (Å²) in [6.07, 6.45) is 0.419. The van der Waals surface area contributed by atoms with Gasteiger partial charge in [0.15, 0.2) is 0 Å². The van der Waals surface area contributed by atoms with E-state index in [0.29, 0.717) is 18.5 Å². The molecule has 1 rings (SSSR count). The van der Waals surface area contributed by atoms with E-state index in [1.807, 2.05) is 0 Å². The van der Waals surface area contributed by atoms with Crippen molar-refractivity contribution < 1.29 is 19.1 Å². The first kappa shape index (κ1) is 14.2. The van der Waals surface area contributed by atoms with Gasteiger partial charge in [0.25, 0.3) is 0 Å². The van der Waals surface area contributed by atoms with Crippen molar-refractivity contribution in [1.82, 2.24) is 4.90 Å². The highest BCUT2D eigenvalue weighted by Gasteiger charge is 2.12. The summed E-state index contributed by atoms with van der Waals surface area (Å²) >= 11 is 0. The third-order valence-electron chi connectivity index (χ3n) is 2.61. The van der Waals surface area contributed by atoms with E-state index in [9.17, 15) is 14.0 Å². The predicted molar refractivity (Wildman–Crippen MR) is 64.6 cm³/mol. The first-order chi connectivity index (χ1) is 8.50. The van der Waals surface area contributed by atoms with Crippen LogP contribution in [0.25, 0.3) is 0 Å². The van der Waals surface area contributed by atoms with Gasteiger partial charge in [-0.15, -0.1) is 0 Å². The van der Waals surface area contributed by atoms with Gasteiger partial charge >= 0.3 is 5.97 Å². The third kappa shape index (κ3) is 4.53. The molecule has 0 radical (unpaired) electrons. The Bertz CT molecular complexity index is 434. The number of rotatable bonds is 6. The van der Waals surface area contributed by atoms with Gasteiger partial charge < -0.3 is 10.0 Å². The quantitative estimate of drug-likeness (QED) is 0.839. The van der Waals surface area contributed by atoms with E-state index in [1.165, 1.54) is 11.0 Å². The molecule has 0 fully saturated rings. The topological polar surface area (TPSA) is 57.6 Å². The summed E-state index contributed by atoms with van der Waals surface area (Å²) in [5, 5.41) is 8.48. The van der Waals surface area contributed by atoms with Gasteiger partial charge in [-0.3, -0.25) is 9.59 Å². The van der Waals surface area contributed by atoms with Crippen molar-refractivity contribution in [1.29, 1.82) is 0 Å². The van der Waals surface area contributed by atoms with E-state index in [-0.39, 0.29) is 18.7 Å². The minimum absolute atomic E-state index is 0.00373. The number of carbonyl (C=O) groups is 2. The van der Waals surface area contributed by atoms with Crippen LogP contribution >= 0.6 is 0 Å². The lowest BCUT2D eigenvalue weighted by Crippen LogP contribution is -2.29. The lowest BCUT2D eigenvalue weighted by atomic mass is 10.1. The van der Waals surface area contributed by atoms with Crippen LogP contribution in [0.3, 0.4) is 0 Å². The third-order valence-corrected chi connectivity index (χ3v) is 2.61. The molecule has 0 bridgehead atoms. The summed E-state index contributed by atoms with van der Waals surface area (Å²) in [5.41, 5.74) is 0.354. The highest BCUT2D eigenvalue weighted by atomic mass is 19.1. The fourth-order valence-corrected chi connectivity index (χ4v) is 1.53. The summed E-state index contributed by atoms with van der Waals surface area (Å²) in [6, 6.07) is 6.13. The molecule has 18 heavy (non-hydrogen) atoms. The number of likely N-dealkylation sites (N-methyl/N-ethyl adjacent to an activating group) is 1. The Morgan fingerprint density at radius 3 is 2.61 bits per heavy atom. The van der Waals surface area contributed by atoms with Crippen molar-refractivity contribution in [3.63, 3.8) is 0 Å². The summed E-state index contributed by atoms with van der Waals surface area (Å²) in [4.78, 5) is 23.5. The second kappa shape index (κ2) is 6.74. The van der Waals surface area contributed by atoms with Crippen molar-refractivity contribution in [2.24, 2.45) is 0 Å². The highest BCUT2D eigenvalue weighted by Crippen LogP contribution is 2.08. The van der Waals surface area contributed by atoms with E-state index in [0.717, 1.165) is 0 Å². The van der Waals surface area contributed by atoms with E-state index >= 15 is 0 Å². The predicted octanol–water partition coefficient (Wildman–Crippen LogP) is 1.69. The van der Waals surface area contributed by atoms with Crippen LogP contribution in [0.4, 0.5) is 4.39 Å². The van der Waals surface area contributed by atoms with Gasteiger partial charge in [-0.05, 0) is 18.1 Å². The van der Waals surface area contributed by atoms with Crippen molar-refractivity contribution in [2.45, 2.75) is 19.3 Å². The molecule has 0 saturated carbocycles. The second-order valence-corrected chi connectivity index (χ2v) is 4.08. The zero-order chi connectivity index (χ0) is 13.5. The number of carboxylic acids is 1. The number of carboxylic acid groups (broad SMARTS) is 1. The molecular weight excluding hydrogens is 237 g/mol. The van der Waals surface area contributed by atoms with Gasteiger partial charge in [0.2, 0.25) is 5.91 Å². The van der Waals surface area contributed by atoms with Crippen LogP contribution in [-0.4, -0.2) is 35.5 Å². The second-order valence-electron chi connectivity index (χ2n) is 4.08. The lowest BCUT2D eigenvalue weighted by molar-refractivity contribution is -0.138. The van der Waals surface area contributed by atoms with Crippen LogP contribution in [0.5, 0.6) is 0 Å². The van der Waals surface area contributed by atoms with Gasteiger partial charge in [-0.25, -0.2) is 4.39 Å². The molecule has 5 heteroatoms. The average Bonchev–Trinajstić information content (AvgIpc) is 2.31. The van der Waals surface area contributed by atoms with Crippen LogP contribution in [0.1, 0.15) is 18.4 Å². The van der Waals surface area contributed by atoms with E-state index < -0.39 is 11.8 Å².